The summed E-state index contributed by atoms with van der Waals surface area (Å²) in [7, 11) is 0. The zero-order valence-electron chi connectivity index (χ0n) is 12.4. The van der Waals surface area contributed by atoms with Crippen LogP contribution in [0.25, 0.3) is 6.08 Å². The van der Waals surface area contributed by atoms with E-state index in [9.17, 15) is 4.79 Å². The van der Waals surface area contributed by atoms with Crippen molar-refractivity contribution in [1.29, 1.82) is 0 Å². The Kier molecular flexibility index (Phi) is 4.96. The zero-order chi connectivity index (χ0) is 15.2. The van der Waals surface area contributed by atoms with E-state index in [1.54, 1.807) is 24.5 Å². The molecule has 0 fully saturated rings. The van der Waals surface area contributed by atoms with Crippen LogP contribution in [0.3, 0.4) is 0 Å². The number of aromatic nitrogens is 2. The lowest BCUT2D eigenvalue weighted by Crippen LogP contribution is -2.23. The van der Waals surface area contributed by atoms with Crippen molar-refractivity contribution in [2.24, 2.45) is 0 Å². The number of carbonyl (C=O) groups is 1. The highest BCUT2D eigenvalue weighted by atomic mass is 32.1. The third-order valence-electron chi connectivity index (χ3n) is 3.66. The summed E-state index contributed by atoms with van der Waals surface area (Å²) < 4.78 is 0. The molecule has 0 unspecified atom stereocenters. The summed E-state index contributed by atoms with van der Waals surface area (Å²) >= 11 is 1.81. The number of amides is 1. The number of thiazole rings is 1. The van der Waals surface area contributed by atoms with E-state index in [-0.39, 0.29) is 5.91 Å². The molecule has 1 aliphatic rings. The number of hydrogen-bond donors (Lipinski definition) is 1. The second kappa shape index (κ2) is 7.31. The molecule has 22 heavy (non-hydrogen) atoms. The van der Waals surface area contributed by atoms with Crippen LogP contribution in [0.1, 0.15) is 34.0 Å². The van der Waals surface area contributed by atoms with Crippen LogP contribution >= 0.6 is 11.3 Å². The van der Waals surface area contributed by atoms with Crippen LogP contribution in [0, 0.1) is 0 Å². The summed E-state index contributed by atoms with van der Waals surface area (Å²) in [4.78, 5) is 21.8. The van der Waals surface area contributed by atoms with Crippen LogP contribution in [-0.4, -0.2) is 22.4 Å². The highest BCUT2D eigenvalue weighted by Crippen LogP contribution is 2.26. The van der Waals surface area contributed by atoms with Gasteiger partial charge in [0.1, 0.15) is 0 Å². The van der Waals surface area contributed by atoms with Gasteiger partial charge < -0.3 is 5.32 Å². The van der Waals surface area contributed by atoms with Crippen molar-refractivity contribution in [3.05, 3.63) is 51.7 Å². The largest absolute Gasteiger partial charge is 0.352 e. The summed E-state index contributed by atoms with van der Waals surface area (Å²) in [5.41, 5.74) is 2.26. The fraction of sp³-hybridized carbons (Fsp3) is 0.353. The predicted molar refractivity (Wildman–Crippen MR) is 88.7 cm³/mol. The lowest BCUT2D eigenvalue weighted by atomic mass is 10.0. The maximum absolute atomic E-state index is 11.8. The molecule has 2 heterocycles. The lowest BCUT2D eigenvalue weighted by Gasteiger charge is -2.06. The minimum absolute atomic E-state index is 0.0712. The molecular weight excluding hydrogens is 294 g/mol. The van der Waals surface area contributed by atoms with Gasteiger partial charge >= 0.3 is 0 Å². The molecule has 1 amide bonds. The first-order chi connectivity index (χ1) is 10.8. The van der Waals surface area contributed by atoms with E-state index in [1.807, 2.05) is 23.5 Å². The molecule has 5 heteroatoms. The maximum atomic E-state index is 11.8. The second-order valence-electron chi connectivity index (χ2n) is 5.34. The number of aryl methyl sites for hydroxylation is 2. The number of carbonyl (C=O) groups excluding carboxylic acids is 1. The minimum Gasteiger partial charge on any atom is -0.352 e. The van der Waals surface area contributed by atoms with E-state index in [1.165, 1.54) is 29.8 Å². The van der Waals surface area contributed by atoms with Crippen molar-refractivity contribution in [1.82, 2.24) is 15.3 Å². The molecule has 4 nitrogen and oxygen atoms in total. The molecule has 0 aliphatic heterocycles. The molecule has 0 spiro atoms. The molecule has 0 radical (unpaired) electrons. The summed E-state index contributed by atoms with van der Waals surface area (Å²) in [5, 5.41) is 4.05. The van der Waals surface area contributed by atoms with Gasteiger partial charge in [0.15, 0.2) is 0 Å². The van der Waals surface area contributed by atoms with Crippen LogP contribution in [0.4, 0.5) is 0 Å². The van der Waals surface area contributed by atoms with Gasteiger partial charge in [0.2, 0.25) is 5.91 Å². The summed E-state index contributed by atoms with van der Waals surface area (Å²) in [5.74, 6) is -0.0712. The molecule has 0 saturated carbocycles. The summed E-state index contributed by atoms with van der Waals surface area (Å²) in [6.07, 6.45) is 12.4. The van der Waals surface area contributed by atoms with E-state index in [4.69, 9.17) is 0 Å². The Morgan fingerprint density at radius 1 is 1.27 bits per heavy atom. The Hall–Kier alpha value is -2.01. The molecule has 114 valence electrons. The number of nitrogens with zero attached hydrogens (tertiary/aromatic N) is 2. The molecule has 2 aromatic heterocycles. The first-order valence-corrected chi connectivity index (χ1v) is 8.46. The van der Waals surface area contributed by atoms with Crippen molar-refractivity contribution >= 4 is 23.3 Å². The SMILES string of the molecule is O=C(C=Cc1ccncc1)NCCc1nc2c(s1)CCCC2. The third-order valence-corrected chi connectivity index (χ3v) is 4.88. The van der Waals surface area contributed by atoms with Crippen molar-refractivity contribution in [3.63, 3.8) is 0 Å². The predicted octanol–water partition coefficient (Wildman–Crippen LogP) is 2.79. The molecule has 0 aromatic carbocycles. The van der Waals surface area contributed by atoms with Gasteiger partial charge in [0, 0.05) is 36.3 Å². The maximum Gasteiger partial charge on any atom is 0.244 e. The highest BCUT2D eigenvalue weighted by Gasteiger charge is 2.14. The van der Waals surface area contributed by atoms with Gasteiger partial charge in [-0.3, -0.25) is 9.78 Å². The molecule has 0 saturated heterocycles. The van der Waals surface area contributed by atoms with Crippen molar-refractivity contribution < 1.29 is 4.79 Å². The van der Waals surface area contributed by atoms with Gasteiger partial charge in [-0.05, 0) is 49.5 Å². The Labute approximate surface area is 134 Å². The Bertz CT molecular complexity index is 640. The van der Waals surface area contributed by atoms with Crippen molar-refractivity contribution in [2.75, 3.05) is 6.54 Å². The quantitative estimate of drug-likeness (QED) is 0.864. The van der Waals surface area contributed by atoms with E-state index < -0.39 is 0 Å². The van der Waals surface area contributed by atoms with Crippen LogP contribution in [0.2, 0.25) is 0 Å². The number of nitrogens with one attached hydrogen (secondary N) is 1. The smallest absolute Gasteiger partial charge is 0.244 e. The first-order valence-electron chi connectivity index (χ1n) is 7.64. The normalized spacial score (nSPS) is 14.0. The third kappa shape index (κ3) is 4.01. The highest BCUT2D eigenvalue weighted by molar-refractivity contribution is 7.11. The van der Waals surface area contributed by atoms with Crippen LogP contribution in [-0.2, 0) is 24.1 Å². The van der Waals surface area contributed by atoms with Gasteiger partial charge in [0.05, 0.1) is 10.7 Å². The van der Waals surface area contributed by atoms with Crippen molar-refractivity contribution in [3.8, 4) is 0 Å². The van der Waals surface area contributed by atoms with Crippen LogP contribution < -0.4 is 5.32 Å². The molecule has 3 rings (SSSR count). The lowest BCUT2D eigenvalue weighted by molar-refractivity contribution is -0.116. The van der Waals surface area contributed by atoms with Crippen LogP contribution in [0.15, 0.2) is 30.6 Å². The Morgan fingerprint density at radius 2 is 2.09 bits per heavy atom. The van der Waals surface area contributed by atoms with Gasteiger partial charge in [-0.25, -0.2) is 4.98 Å². The zero-order valence-corrected chi connectivity index (χ0v) is 13.2. The second-order valence-corrected chi connectivity index (χ2v) is 6.51. The molecule has 0 bridgehead atoms. The van der Waals surface area contributed by atoms with E-state index in [0.29, 0.717) is 6.54 Å². The fourth-order valence-corrected chi connectivity index (χ4v) is 3.67. The average Bonchev–Trinajstić information content (AvgIpc) is 2.96. The van der Waals surface area contributed by atoms with Gasteiger partial charge in [0.25, 0.3) is 0 Å². The summed E-state index contributed by atoms with van der Waals surface area (Å²) in [6, 6.07) is 3.73. The van der Waals surface area contributed by atoms with Gasteiger partial charge in [-0.2, -0.15) is 0 Å². The van der Waals surface area contributed by atoms with E-state index in [0.717, 1.165) is 23.4 Å². The molecule has 1 aliphatic carbocycles. The summed E-state index contributed by atoms with van der Waals surface area (Å²) in [6.45, 7) is 0.631. The average molecular weight is 313 g/mol. The Balaban J connectivity index is 1.45. The van der Waals surface area contributed by atoms with E-state index >= 15 is 0 Å². The van der Waals surface area contributed by atoms with Gasteiger partial charge in [-0.15, -0.1) is 11.3 Å². The molecule has 1 N–H and O–H groups in total. The topological polar surface area (TPSA) is 54.9 Å². The first kappa shape index (κ1) is 14.9. The fourth-order valence-electron chi connectivity index (χ4n) is 2.51. The van der Waals surface area contributed by atoms with Gasteiger partial charge in [-0.1, -0.05) is 0 Å². The molecular formula is C17H19N3OS. The number of pyridine rings is 1. The Morgan fingerprint density at radius 3 is 2.91 bits per heavy atom. The van der Waals surface area contributed by atoms with Crippen LogP contribution in [0.5, 0.6) is 0 Å². The number of fused-ring (bicyclic) bond motifs is 1. The van der Waals surface area contributed by atoms with E-state index in [2.05, 4.69) is 15.3 Å². The van der Waals surface area contributed by atoms with Crippen molar-refractivity contribution in [2.45, 2.75) is 32.1 Å². The number of rotatable bonds is 5. The number of hydrogen-bond acceptors (Lipinski definition) is 4. The monoisotopic (exact) mass is 313 g/mol. The minimum atomic E-state index is -0.0712. The molecule has 2 aromatic rings. The molecule has 0 atom stereocenters. The standard InChI is InChI=1S/C17H19N3OS/c21-16(6-5-13-7-10-18-11-8-13)19-12-9-17-20-14-3-1-2-4-15(14)22-17/h5-8,10-11H,1-4,9,12H2,(H,19,21).